The Labute approximate surface area is 132 Å². The van der Waals surface area contributed by atoms with Crippen molar-refractivity contribution in [3.8, 4) is 0 Å². The van der Waals surface area contributed by atoms with Gasteiger partial charge in [0.25, 0.3) is 5.91 Å². The fraction of sp³-hybridized carbons (Fsp3) is 0.312. The summed E-state index contributed by atoms with van der Waals surface area (Å²) in [5.41, 5.74) is 2.11. The Balaban J connectivity index is 1.60. The fourth-order valence-corrected chi connectivity index (χ4v) is 2.89. The molecule has 0 aliphatic carbocycles. The van der Waals surface area contributed by atoms with Gasteiger partial charge in [0.15, 0.2) is 5.69 Å². The van der Waals surface area contributed by atoms with Crippen molar-refractivity contribution in [3.05, 3.63) is 47.3 Å². The Bertz CT molecular complexity index is 867. The van der Waals surface area contributed by atoms with E-state index in [1.807, 2.05) is 24.3 Å². The summed E-state index contributed by atoms with van der Waals surface area (Å²) in [4.78, 5) is 18.9. The number of rotatable bonds is 3. The molecule has 0 spiro atoms. The van der Waals surface area contributed by atoms with Gasteiger partial charge in [-0.1, -0.05) is 18.2 Å². The molecule has 0 saturated carbocycles. The fourth-order valence-electron chi connectivity index (χ4n) is 2.89. The lowest BCUT2D eigenvalue weighted by atomic mass is 10.1. The van der Waals surface area contributed by atoms with Gasteiger partial charge in [-0.05, 0) is 6.07 Å². The molecule has 23 heavy (non-hydrogen) atoms. The highest BCUT2D eigenvalue weighted by molar-refractivity contribution is 6.04. The number of carbonyl (C=O) groups excluding carboxylic acids is 1. The third-order valence-electron chi connectivity index (χ3n) is 4.00. The maximum absolute atomic E-state index is 12.8. The summed E-state index contributed by atoms with van der Waals surface area (Å²) in [6.07, 6.45) is 0.653. The van der Waals surface area contributed by atoms with Crippen molar-refractivity contribution in [2.24, 2.45) is 0 Å². The van der Waals surface area contributed by atoms with Crippen molar-refractivity contribution in [2.75, 3.05) is 13.7 Å². The third kappa shape index (κ3) is 2.39. The first kappa shape index (κ1) is 14.0. The highest BCUT2D eigenvalue weighted by Gasteiger charge is 2.28. The maximum atomic E-state index is 12.8. The maximum Gasteiger partial charge on any atom is 0.275 e. The van der Waals surface area contributed by atoms with E-state index in [0.717, 1.165) is 22.4 Å². The number of aromatic nitrogens is 3. The lowest BCUT2D eigenvalue weighted by Gasteiger charge is -2.24. The van der Waals surface area contributed by atoms with E-state index in [-0.39, 0.29) is 5.91 Å². The number of para-hydroxylation sites is 1. The molecule has 2 aromatic heterocycles. The number of hydrogen-bond donors (Lipinski definition) is 1. The molecular weight excluding hydrogens is 296 g/mol. The summed E-state index contributed by atoms with van der Waals surface area (Å²) < 4.78 is 10.7. The molecule has 0 saturated heterocycles. The summed E-state index contributed by atoms with van der Waals surface area (Å²) in [5, 5.41) is 7.92. The molecule has 4 rings (SSSR count). The molecule has 1 aliphatic heterocycles. The molecule has 3 heterocycles. The van der Waals surface area contributed by atoms with Crippen LogP contribution < -0.4 is 0 Å². The van der Waals surface area contributed by atoms with Crippen LogP contribution in [0, 0.1) is 0 Å². The summed E-state index contributed by atoms with van der Waals surface area (Å²) in [7, 11) is 1.60. The average molecular weight is 312 g/mol. The van der Waals surface area contributed by atoms with E-state index in [4.69, 9.17) is 9.15 Å². The molecule has 3 aromatic rings. The van der Waals surface area contributed by atoms with E-state index in [9.17, 15) is 4.79 Å². The minimum atomic E-state index is -0.0932. The van der Waals surface area contributed by atoms with E-state index in [1.54, 1.807) is 12.0 Å². The number of benzene rings is 1. The Morgan fingerprint density at radius 2 is 2.30 bits per heavy atom. The molecule has 0 unspecified atom stereocenters. The minimum absolute atomic E-state index is 0.0932. The summed E-state index contributed by atoms with van der Waals surface area (Å²) in [5.74, 6) is 1.30. The lowest BCUT2D eigenvalue weighted by Crippen LogP contribution is -2.36. The van der Waals surface area contributed by atoms with Crippen molar-refractivity contribution in [2.45, 2.75) is 19.6 Å². The number of ether oxygens (including phenoxy) is 1. The molecule has 1 amide bonds. The van der Waals surface area contributed by atoms with Gasteiger partial charge < -0.3 is 14.1 Å². The number of nitrogens with zero attached hydrogens (tertiary/aromatic N) is 3. The molecule has 7 heteroatoms. The molecule has 1 aromatic carbocycles. The van der Waals surface area contributed by atoms with E-state index >= 15 is 0 Å². The molecular formula is C16H16N4O3. The first-order valence-corrected chi connectivity index (χ1v) is 7.45. The summed E-state index contributed by atoms with van der Waals surface area (Å²) in [6.45, 7) is 1.36. The molecule has 0 fully saturated rings. The summed E-state index contributed by atoms with van der Waals surface area (Å²) in [6, 6.07) is 7.61. The van der Waals surface area contributed by atoms with Gasteiger partial charge in [0.2, 0.25) is 5.89 Å². The predicted molar refractivity (Wildman–Crippen MR) is 81.8 cm³/mol. The van der Waals surface area contributed by atoms with Crippen LogP contribution in [0.4, 0.5) is 0 Å². The zero-order chi connectivity index (χ0) is 15.8. The number of nitrogens with one attached hydrogen (secondary N) is 1. The van der Waals surface area contributed by atoms with Gasteiger partial charge >= 0.3 is 0 Å². The molecule has 118 valence electrons. The Hall–Kier alpha value is -2.67. The normalized spacial score (nSPS) is 14.2. The van der Waals surface area contributed by atoms with Gasteiger partial charge in [0.1, 0.15) is 18.1 Å². The van der Waals surface area contributed by atoms with Crippen LogP contribution in [-0.2, 0) is 24.3 Å². The molecule has 7 nitrogen and oxygen atoms in total. The van der Waals surface area contributed by atoms with Gasteiger partial charge in [0, 0.05) is 25.5 Å². The van der Waals surface area contributed by atoms with Gasteiger partial charge in [-0.15, -0.1) is 0 Å². The van der Waals surface area contributed by atoms with Crippen molar-refractivity contribution < 1.29 is 13.9 Å². The SMILES string of the molecule is COCc1nc2c(o1)CCN(C(=O)c1n[nH]c3ccccc13)C2. The molecule has 0 bridgehead atoms. The van der Waals surface area contributed by atoms with Crippen LogP contribution in [0.1, 0.15) is 27.8 Å². The van der Waals surface area contributed by atoms with Crippen molar-refractivity contribution in [1.82, 2.24) is 20.1 Å². The molecule has 0 atom stereocenters. The van der Waals surface area contributed by atoms with Crippen LogP contribution >= 0.6 is 0 Å². The quantitative estimate of drug-likeness (QED) is 0.798. The molecule has 1 N–H and O–H groups in total. The van der Waals surface area contributed by atoms with E-state index in [1.165, 1.54) is 0 Å². The van der Waals surface area contributed by atoms with Crippen LogP contribution in [0.2, 0.25) is 0 Å². The molecule has 1 aliphatic rings. The standard InChI is InChI=1S/C16H16N4O3/c1-22-9-14-17-12-8-20(7-6-13(12)23-14)16(21)15-10-4-2-3-5-11(10)18-19-15/h2-5H,6-9H2,1H3,(H,18,19). The number of methoxy groups -OCH3 is 1. The first-order chi connectivity index (χ1) is 11.3. The van der Waals surface area contributed by atoms with E-state index in [2.05, 4.69) is 15.2 Å². The number of carbonyl (C=O) groups is 1. The Kier molecular flexibility index (Phi) is 3.34. The second-order valence-electron chi connectivity index (χ2n) is 5.50. The highest BCUT2D eigenvalue weighted by Crippen LogP contribution is 2.23. The second-order valence-corrected chi connectivity index (χ2v) is 5.50. The third-order valence-corrected chi connectivity index (χ3v) is 4.00. The highest BCUT2D eigenvalue weighted by atomic mass is 16.5. The van der Waals surface area contributed by atoms with Crippen molar-refractivity contribution in [1.29, 1.82) is 0 Å². The van der Waals surface area contributed by atoms with Crippen LogP contribution in [0.15, 0.2) is 28.7 Å². The number of H-pyrrole nitrogens is 1. The number of amides is 1. The van der Waals surface area contributed by atoms with Crippen molar-refractivity contribution in [3.63, 3.8) is 0 Å². The topological polar surface area (TPSA) is 84.2 Å². The van der Waals surface area contributed by atoms with Gasteiger partial charge in [0.05, 0.1) is 12.1 Å². The minimum Gasteiger partial charge on any atom is -0.443 e. The Morgan fingerprint density at radius 3 is 3.17 bits per heavy atom. The van der Waals surface area contributed by atoms with E-state index < -0.39 is 0 Å². The lowest BCUT2D eigenvalue weighted by molar-refractivity contribution is 0.0723. The van der Waals surface area contributed by atoms with Gasteiger partial charge in [-0.3, -0.25) is 9.89 Å². The van der Waals surface area contributed by atoms with Crippen LogP contribution in [0.3, 0.4) is 0 Å². The number of hydrogen-bond acceptors (Lipinski definition) is 5. The average Bonchev–Trinajstić information content (AvgIpc) is 3.17. The first-order valence-electron chi connectivity index (χ1n) is 7.45. The second kappa shape index (κ2) is 5.51. The largest absolute Gasteiger partial charge is 0.443 e. The number of fused-ring (bicyclic) bond motifs is 2. The van der Waals surface area contributed by atoms with Crippen LogP contribution in [-0.4, -0.2) is 39.6 Å². The molecule has 0 radical (unpaired) electrons. The monoisotopic (exact) mass is 312 g/mol. The zero-order valence-corrected chi connectivity index (χ0v) is 12.7. The smallest absolute Gasteiger partial charge is 0.275 e. The van der Waals surface area contributed by atoms with Crippen molar-refractivity contribution >= 4 is 16.8 Å². The van der Waals surface area contributed by atoms with Gasteiger partial charge in [-0.2, -0.15) is 5.10 Å². The summed E-state index contributed by atoms with van der Waals surface area (Å²) >= 11 is 0. The number of aromatic amines is 1. The predicted octanol–water partition coefficient (Wildman–Crippen LogP) is 1.90. The Morgan fingerprint density at radius 1 is 1.43 bits per heavy atom. The van der Waals surface area contributed by atoms with Crippen LogP contribution in [0.25, 0.3) is 10.9 Å². The van der Waals surface area contributed by atoms with Crippen LogP contribution in [0.5, 0.6) is 0 Å². The van der Waals surface area contributed by atoms with E-state index in [0.29, 0.717) is 37.7 Å². The zero-order valence-electron chi connectivity index (χ0n) is 12.7. The van der Waals surface area contributed by atoms with Gasteiger partial charge in [-0.25, -0.2) is 4.98 Å². The number of oxazole rings is 1.